The zero-order valence-electron chi connectivity index (χ0n) is 13.4. The molecule has 3 N–H and O–H groups in total. The summed E-state index contributed by atoms with van der Waals surface area (Å²) in [5, 5.41) is 3.09. The molecule has 1 heterocycles. The zero-order valence-corrected chi connectivity index (χ0v) is 13.4. The van der Waals surface area contributed by atoms with Crippen LogP contribution >= 0.6 is 0 Å². The molecular formula is C18H18F3N3O. The first-order chi connectivity index (χ1) is 11.9. The number of amidine groups is 1. The van der Waals surface area contributed by atoms with Gasteiger partial charge in [0.15, 0.2) is 0 Å². The van der Waals surface area contributed by atoms with E-state index in [4.69, 9.17) is 10.5 Å². The highest BCUT2D eigenvalue weighted by Crippen LogP contribution is 2.30. The van der Waals surface area contributed by atoms with E-state index in [1.807, 2.05) is 24.3 Å². The lowest BCUT2D eigenvalue weighted by Gasteiger charge is -2.10. The number of anilines is 2. The van der Waals surface area contributed by atoms with Gasteiger partial charge in [-0.25, -0.2) is 4.99 Å². The molecule has 132 valence electrons. The van der Waals surface area contributed by atoms with Gasteiger partial charge in [0.2, 0.25) is 0 Å². The van der Waals surface area contributed by atoms with Crippen LogP contribution in [0.1, 0.15) is 17.5 Å². The third-order valence-electron chi connectivity index (χ3n) is 3.95. The number of ether oxygens (including phenoxy) is 1. The number of alkyl halides is 3. The lowest BCUT2D eigenvalue weighted by Crippen LogP contribution is -2.10. The van der Waals surface area contributed by atoms with Crippen LogP contribution in [0.4, 0.5) is 24.5 Å². The summed E-state index contributed by atoms with van der Waals surface area (Å²) in [6, 6.07) is 13.1. The molecule has 0 unspecified atom stereocenters. The van der Waals surface area contributed by atoms with Crippen LogP contribution in [0.3, 0.4) is 0 Å². The Labute approximate surface area is 143 Å². The number of nitrogens with one attached hydrogen (secondary N) is 1. The molecule has 25 heavy (non-hydrogen) atoms. The molecule has 2 aromatic rings. The maximum Gasteiger partial charge on any atom is 0.416 e. The molecule has 4 nitrogen and oxygen atoms in total. The molecule has 0 aromatic heterocycles. The van der Waals surface area contributed by atoms with Crippen molar-refractivity contribution >= 4 is 17.4 Å². The topological polar surface area (TPSA) is 59.6 Å². The van der Waals surface area contributed by atoms with E-state index in [1.165, 1.54) is 12.1 Å². The van der Waals surface area contributed by atoms with Crippen molar-refractivity contribution in [2.24, 2.45) is 10.7 Å². The Bertz CT molecular complexity index is 740. The van der Waals surface area contributed by atoms with Gasteiger partial charge in [-0.15, -0.1) is 0 Å². The average molecular weight is 349 g/mol. The third kappa shape index (κ3) is 4.65. The molecule has 0 radical (unpaired) electrons. The van der Waals surface area contributed by atoms with Gasteiger partial charge in [0, 0.05) is 11.4 Å². The van der Waals surface area contributed by atoms with Gasteiger partial charge >= 0.3 is 6.18 Å². The molecule has 7 heteroatoms. The van der Waals surface area contributed by atoms with Crippen LogP contribution in [0.2, 0.25) is 0 Å². The van der Waals surface area contributed by atoms with Gasteiger partial charge in [-0.05, 0) is 54.8 Å². The highest BCUT2D eigenvalue weighted by atomic mass is 19.4. The summed E-state index contributed by atoms with van der Waals surface area (Å²) in [5.74, 6) is 0. The maximum atomic E-state index is 12.6. The highest BCUT2D eigenvalue weighted by Gasteiger charge is 2.29. The summed E-state index contributed by atoms with van der Waals surface area (Å²) >= 11 is 0. The van der Waals surface area contributed by atoms with Gasteiger partial charge in [-0.1, -0.05) is 12.1 Å². The molecule has 0 bridgehead atoms. The summed E-state index contributed by atoms with van der Waals surface area (Å²) in [7, 11) is 0. The minimum atomic E-state index is -4.32. The van der Waals surface area contributed by atoms with Crippen molar-refractivity contribution in [1.82, 2.24) is 0 Å². The van der Waals surface area contributed by atoms with E-state index in [2.05, 4.69) is 10.3 Å². The molecule has 0 amide bonds. The van der Waals surface area contributed by atoms with Crippen LogP contribution in [0.25, 0.3) is 0 Å². The highest BCUT2D eigenvalue weighted by molar-refractivity contribution is 5.73. The van der Waals surface area contributed by atoms with Gasteiger partial charge < -0.3 is 15.8 Å². The van der Waals surface area contributed by atoms with Crippen molar-refractivity contribution in [2.75, 3.05) is 11.9 Å². The van der Waals surface area contributed by atoms with Crippen molar-refractivity contribution in [2.45, 2.75) is 25.1 Å². The van der Waals surface area contributed by atoms with Gasteiger partial charge in [-0.3, -0.25) is 0 Å². The van der Waals surface area contributed by atoms with Crippen molar-refractivity contribution in [3.8, 4) is 0 Å². The summed E-state index contributed by atoms with van der Waals surface area (Å²) in [5.41, 5.74) is 7.39. The SMILES string of the molecule is NC1=N[C@@H](CCc2ccc(Nc3ccc(C(F)(F)F)cc3)cc2)CO1. The fraction of sp³-hybridized carbons (Fsp3) is 0.278. The Morgan fingerprint density at radius 2 is 1.64 bits per heavy atom. The number of nitrogens with two attached hydrogens (primary N) is 1. The summed E-state index contributed by atoms with van der Waals surface area (Å²) in [4.78, 5) is 4.18. The predicted octanol–water partition coefficient (Wildman–Crippen LogP) is 4.10. The number of benzene rings is 2. The molecule has 1 aliphatic rings. The Morgan fingerprint density at radius 3 is 2.16 bits per heavy atom. The van der Waals surface area contributed by atoms with Gasteiger partial charge in [-0.2, -0.15) is 13.2 Å². The van der Waals surface area contributed by atoms with E-state index in [0.717, 1.165) is 36.2 Å². The van der Waals surface area contributed by atoms with Crippen LogP contribution in [0.5, 0.6) is 0 Å². The van der Waals surface area contributed by atoms with Crippen LogP contribution in [0, 0.1) is 0 Å². The molecule has 0 saturated heterocycles. The second-order valence-corrected chi connectivity index (χ2v) is 5.87. The second-order valence-electron chi connectivity index (χ2n) is 5.87. The van der Waals surface area contributed by atoms with E-state index >= 15 is 0 Å². The predicted molar refractivity (Wildman–Crippen MR) is 90.9 cm³/mol. The average Bonchev–Trinajstić information content (AvgIpc) is 2.99. The van der Waals surface area contributed by atoms with Crippen LogP contribution in [-0.4, -0.2) is 18.7 Å². The van der Waals surface area contributed by atoms with E-state index in [1.54, 1.807) is 0 Å². The fourth-order valence-corrected chi connectivity index (χ4v) is 2.58. The minimum Gasteiger partial charge on any atom is -0.463 e. The number of hydrogen-bond acceptors (Lipinski definition) is 4. The quantitative estimate of drug-likeness (QED) is 0.855. The van der Waals surface area contributed by atoms with Crippen LogP contribution in [0.15, 0.2) is 53.5 Å². The Morgan fingerprint density at radius 1 is 1.04 bits per heavy atom. The second kappa shape index (κ2) is 7.04. The van der Waals surface area contributed by atoms with E-state index in [9.17, 15) is 13.2 Å². The monoisotopic (exact) mass is 349 g/mol. The molecule has 3 rings (SSSR count). The lowest BCUT2D eigenvalue weighted by molar-refractivity contribution is -0.137. The number of aryl methyl sites for hydroxylation is 1. The smallest absolute Gasteiger partial charge is 0.416 e. The number of nitrogens with zero attached hydrogens (tertiary/aromatic N) is 1. The van der Waals surface area contributed by atoms with Gasteiger partial charge in [0.05, 0.1) is 11.6 Å². The molecular weight excluding hydrogens is 331 g/mol. The first kappa shape index (κ1) is 17.1. The van der Waals surface area contributed by atoms with Crippen molar-refractivity contribution in [3.63, 3.8) is 0 Å². The van der Waals surface area contributed by atoms with E-state index in [-0.39, 0.29) is 12.1 Å². The van der Waals surface area contributed by atoms with Crippen LogP contribution < -0.4 is 11.1 Å². The van der Waals surface area contributed by atoms with Crippen molar-refractivity contribution < 1.29 is 17.9 Å². The summed E-state index contributed by atoms with van der Waals surface area (Å²) in [6.07, 6.45) is -2.61. The van der Waals surface area contributed by atoms with Crippen LogP contribution in [-0.2, 0) is 17.3 Å². The molecule has 0 saturated carbocycles. The van der Waals surface area contributed by atoms with Gasteiger partial charge in [0.25, 0.3) is 6.02 Å². The largest absolute Gasteiger partial charge is 0.463 e. The zero-order chi connectivity index (χ0) is 17.9. The lowest BCUT2D eigenvalue weighted by atomic mass is 10.1. The first-order valence-corrected chi connectivity index (χ1v) is 7.89. The summed E-state index contributed by atoms with van der Waals surface area (Å²) < 4.78 is 42.8. The summed E-state index contributed by atoms with van der Waals surface area (Å²) in [6.45, 7) is 0.527. The van der Waals surface area contributed by atoms with Gasteiger partial charge in [0.1, 0.15) is 6.61 Å². The number of halogens is 3. The molecule has 0 aliphatic carbocycles. The normalized spacial score (nSPS) is 17.1. The van der Waals surface area contributed by atoms with E-state index in [0.29, 0.717) is 12.3 Å². The molecule has 1 atom stereocenters. The maximum absolute atomic E-state index is 12.6. The molecule has 1 aliphatic heterocycles. The Hall–Kier alpha value is -2.70. The van der Waals surface area contributed by atoms with Crippen molar-refractivity contribution in [3.05, 3.63) is 59.7 Å². The number of hydrogen-bond donors (Lipinski definition) is 2. The van der Waals surface area contributed by atoms with E-state index < -0.39 is 11.7 Å². The van der Waals surface area contributed by atoms with Crippen molar-refractivity contribution in [1.29, 1.82) is 0 Å². The number of aliphatic imine (C=N–C) groups is 1. The number of rotatable bonds is 5. The Kier molecular flexibility index (Phi) is 4.83. The molecule has 0 fully saturated rings. The standard InChI is InChI=1S/C18H18F3N3O/c19-18(20,21)13-4-9-15(10-5-13)23-14-6-1-12(2-7-14)3-8-16-11-25-17(22)24-16/h1-2,4-7,9-10,16,23H,3,8,11H2,(H2,22,24)/t16-/m0/s1. The Balaban J connectivity index is 1.55. The first-order valence-electron chi connectivity index (χ1n) is 7.89. The minimum absolute atomic E-state index is 0.102. The fourth-order valence-electron chi connectivity index (χ4n) is 2.58. The molecule has 2 aromatic carbocycles. The third-order valence-corrected chi connectivity index (χ3v) is 3.95. The molecule has 0 spiro atoms.